The van der Waals surface area contributed by atoms with Gasteiger partial charge in [0.05, 0.1) is 11.5 Å². The van der Waals surface area contributed by atoms with Crippen LogP contribution in [0.3, 0.4) is 0 Å². The number of aliphatic imine (C=N–C) groups is 1. The molecule has 2 aromatic rings. The molecule has 1 aliphatic rings. The van der Waals surface area contributed by atoms with Crippen LogP contribution >= 0.6 is 27.7 Å². The van der Waals surface area contributed by atoms with E-state index < -0.39 is 11.9 Å². The normalized spacial score (nSPS) is 15.9. The standard InChI is InChI=1S/C24H21BrFNO5S/c1-3-20(28)27-23-21(24(30)31-4-2)22(29)19(33-23)12-15-11-16(25)8-9-18(15)32-13-14-6-5-7-17(26)10-14/h5-12,29H,3-4,13H2,1-2H3/b19-12-,27-23?. The van der Waals surface area contributed by atoms with E-state index in [4.69, 9.17) is 9.47 Å². The number of nitrogens with zero attached hydrogens (tertiary/aromatic N) is 1. The number of hydrogen-bond acceptors (Lipinski definition) is 6. The summed E-state index contributed by atoms with van der Waals surface area (Å²) in [6.07, 6.45) is 1.79. The first-order chi connectivity index (χ1) is 15.8. The van der Waals surface area contributed by atoms with E-state index in [-0.39, 0.29) is 41.8 Å². The van der Waals surface area contributed by atoms with Gasteiger partial charge in [0.15, 0.2) is 0 Å². The lowest BCUT2D eigenvalue weighted by atomic mass is 10.1. The average molecular weight is 534 g/mol. The van der Waals surface area contributed by atoms with E-state index in [0.29, 0.717) is 21.8 Å². The molecule has 0 spiro atoms. The smallest absolute Gasteiger partial charge is 0.344 e. The molecule has 0 bridgehead atoms. The summed E-state index contributed by atoms with van der Waals surface area (Å²) in [6, 6.07) is 11.4. The van der Waals surface area contributed by atoms with Crippen LogP contribution in [0.4, 0.5) is 4.39 Å². The lowest BCUT2D eigenvalue weighted by Gasteiger charge is -2.11. The Kier molecular flexibility index (Phi) is 8.46. The number of aliphatic hydroxyl groups is 1. The number of esters is 1. The summed E-state index contributed by atoms with van der Waals surface area (Å²) in [4.78, 5) is 28.6. The molecule has 0 aromatic heterocycles. The number of aliphatic hydroxyl groups excluding tert-OH is 1. The Balaban J connectivity index is 1.97. The number of hydrogen-bond donors (Lipinski definition) is 1. The van der Waals surface area contributed by atoms with Crippen LogP contribution in [0, 0.1) is 5.82 Å². The van der Waals surface area contributed by atoms with Crippen molar-refractivity contribution >= 4 is 50.7 Å². The third-order valence-electron chi connectivity index (χ3n) is 4.44. The lowest BCUT2D eigenvalue weighted by molar-refractivity contribution is -0.138. The van der Waals surface area contributed by atoms with Crippen molar-refractivity contribution < 1.29 is 28.6 Å². The van der Waals surface area contributed by atoms with Gasteiger partial charge in [0, 0.05) is 16.5 Å². The van der Waals surface area contributed by atoms with Crippen LogP contribution in [-0.4, -0.2) is 28.6 Å². The number of benzene rings is 2. The average Bonchev–Trinajstić information content (AvgIpc) is 3.07. The highest BCUT2D eigenvalue weighted by molar-refractivity contribution is 9.10. The number of thioether (sulfide) groups is 1. The van der Waals surface area contributed by atoms with Gasteiger partial charge in [-0.15, -0.1) is 0 Å². The highest BCUT2D eigenvalue weighted by atomic mass is 79.9. The molecule has 1 N–H and O–H groups in total. The van der Waals surface area contributed by atoms with Crippen molar-refractivity contribution in [1.82, 2.24) is 0 Å². The largest absolute Gasteiger partial charge is 0.506 e. The van der Waals surface area contributed by atoms with Crippen LogP contribution in [-0.2, 0) is 20.9 Å². The third kappa shape index (κ3) is 6.33. The number of halogens is 2. The number of carbonyl (C=O) groups excluding carboxylic acids is 2. The number of ether oxygens (including phenoxy) is 2. The van der Waals surface area contributed by atoms with Crippen LogP contribution < -0.4 is 4.74 Å². The minimum absolute atomic E-state index is 0.0845. The van der Waals surface area contributed by atoms with Crippen LogP contribution in [0.1, 0.15) is 31.4 Å². The van der Waals surface area contributed by atoms with Gasteiger partial charge in [-0.25, -0.2) is 14.2 Å². The van der Waals surface area contributed by atoms with Crippen LogP contribution in [0.25, 0.3) is 6.08 Å². The zero-order valence-corrected chi connectivity index (χ0v) is 20.3. The molecule has 1 aliphatic heterocycles. The molecule has 9 heteroatoms. The van der Waals surface area contributed by atoms with Gasteiger partial charge in [-0.2, -0.15) is 0 Å². The monoisotopic (exact) mass is 533 g/mol. The molecule has 0 atom stereocenters. The van der Waals surface area contributed by atoms with E-state index in [1.165, 1.54) is 12.1 Å². The summed E-state index contributed by atoms with van der Waals surface area (Å²) >= 11 is 4.41. The van der Waals surface area contributed by atoms with Gasteiger partial charge in [0.1, 0.15) is 34.5 Å². The predicted octanol–water partition coefficient (Wildman–Crippen LogP) is 5.97. The predicted molar refractivity (Wildman–Crippen MR) is 129 cm³/mol. The molecule has 6 nitrogen and oxygen atoms in total. The van der Waals surface area contributed by atoms with Gasteiger partial charge >= 0.3 is 5.97 Å². The molecule has 0 saturated carbocycles. The number of rotatable bonds is 7. The van der Waals surface area contributed by atoms with Gasteiger partial charge in [-0.3, -0.25) is 4.79 Å². The van der Waals surface area contributed by atoms with Crippen LogP contribution in [0.2, 0.25) is 0 Å². The maximum atomic E-state index is 13.5. The second-order valence-corrected chi connectivity index (χ2v) is 8.77. The summed E-state index contributed by atoms with van der Waals surface area (Å²) in [5.74, 6) is -1.37. The van der Waals surface area contributed by atoms with Crippen molar-refractivity contribution in [3.8, 4) is 5.75 Å². The van der Waals surface area contributed by atoms with Crippen molar-refractivity contribution in [2.75, 3.05) is 6.61 Å². The maximum Gasteiger partial charge on any atom is 0.344 e. The zero-order chi connectivity index (χ0) is 24.0. The van der Waals surface area contributed by atoms with Crippen LogP contribution in [0.5, 0.6) is 5.75 Å². The first kappa shape index (κ1) is 24.7. The summed E-state index contributed by atoms with van der Waals surface area (Å²) in [5.41, 5.74) is 1.11. The third-order valence-corrected chi connectivity index (χ3v) is 5.95. The Morgan fingerprint density at radius 2 is 2.00 bits per heavy atom. The quantitative estimate of drug-likeness (QED) is 0.441. The van der Waals surface area contributed by atoms with E-state index in [0.717, 1.165) is 16.2 Å². The van der Waals surface area contributed by atoms with Crippen molar-refractivity contribution in [3.05, 3.63) is 80.1 Å². The Bertz CT molecular complexity index is 1180. The van der Waals surface area contributed by atoms with Crippen molar-refractivity contribution in [2.24, 2.45) is 4.99 Å². The van der Waals surface area contributed by atoms with Crippen molar-refractivity contribution in [3.63, 3.8) is 0 Å². The molecule has 1 heterocycles. The summed E-state index contributed by atoms with van der Waals surface area (Å²) in [6.45, 7) is 3.54. The van der Waals surface area contributed by atoms with E-state index in [2.05, 4.69) is 20.9 Å². The molecule has 2 aromatic carbocycles. The molecule has 0 fully saturated rings. The molecule has 3 rings (SSSR count). The fraction of sp³-hybridized carbons (Fsp3) is 0.208. The molecule has 33 heavy (non-hydrogen) atoms. The van der Waals surface area contributed by atoms with Gasteiger partial charge in [-0.05, 0) is 48.9 Å². The van der Waals surface area contributed by atoms with Crippen LogP contribution in [0.15, 0.2) is 68.2 Å². The molecule has 0 unspecified atom stereocenters. The Labute approximate surface area is 203 Å². The highest BCUT2D eigenvalue weighted by Crippen LogP contribution is 2.40. The van der Waals surface area contributed by atoms with E-state index in [1.54, 1.807) is 50.3 Å². The second-order valence-electron chi connectivity index (χ2n) is 6.82. The van der Waals surface area contributed by atoms with E-state index in [9.17, 15) is 19.1 Å². The molecule has 1 amide bonds. The fourth-order valence-electron chi connectivity index (χ4n) is 2.88. The molecule has 0 aliphatic carbocycles. The summed E-state index contributed by atoms with van der Waals surface area (Å²) in [7, 11) is 0. The van der Waals surface area contributed by atoms with Gasteiger partial charge in [0.25, 0.3) is 0 Å². The SMILES string of the molecule is CCOC(=O)C1=C(O)/C(=C/c2cc(Br)ccc2OCc2cccc(F)c2)SC1=NC(=O)CC. The Hall–Kier alpha value is -2.91. The van der Waals surface area contributed by atoms with Crippen molar-refractivity contribution in [2.45, 2.75) is 26.9 Å². The minimum atomic E-state index is -0.759. The lowest BCUT2D eigenvalue weighted by Crippen LogP contribution is -2.14. The first-order valence-electron chi connectivity index (χ1n) is 10.1. The van der Waals surface area contributed by atoms with Gasteiger partial charge < -0.3 is 14.6 Å². The second kappa shape index (κ2) is 11.3. The van der Waals surface area contributed by atoms with Gasteiger partial charge in [0.2, 0.25) is 5.91 Å². The highest BCUT2D eigenvalue weighted by Gasteiger charge is 2.33. The molecular weight excluding hydrogens is 513 g/mol. The molecule has 0 radical (unpaired) electrons. The van der Waals surface area contributed by atoms with Crippen molar-refractivity contribution in [1.29, 1.82) is 0 Å². The topological polar surface area (TPSA) is 85.2 Å². The summed E-state index contributed by atoms with van der Waals surface area (Å²) in [5, 5.41) is 10.8. The number of amides is 1. The molecule has 0 saturated heterocycles. The zero-order valence-electron chi connectivity index (χ0n) is 17.9. The van der Waals surface area contributed by atoms with Gasteiger partial charge in [-0.1, -0.05) is 46.7 Å². The fourth-order valence-corrected chi connectivity index (χ4v) is 4.28. The molecule has 172 valence electrons. The maximum absolute atomic E-state index is 13.5. The van der Waals surface area contributed by atoms with E-state index in [1.807, 2.05) is 0 Å². The summed E-state index contributed by atoms with van der Waals surface area (Å²) < 4.78 is 25.1. The number of carbonyl (C=O) groups is 2. The first-order valence-corrected chi connectivity index (χ1v) is 11.7. The molecular formula is C24H21BrFNO5S. The minimum Gasteiger partial charge on any atom is -0.506 e. The Morgan fingerprint density at radius 3 is 2.70 bits per heavy atom. The Morgan fingerprint density at radius 1 is 1.21 bits per heavy atom. The van der Waals surface area contributed by atoms with E-state index >= 15 is 0 Å².